The zero-order valence-electron chi connectivity index (χ0n) is 6.95. The molecule has 2 rings (SSSR count). The van der Waals surface area contributed by atoms with Gasteiger partial charge in [0.2, 0.25) is 5.91 Å². The number of nitrogens with two attached hydrogens (primary N) is 1. The number of amides is 1. The van der Waals surface area contributed by atoms with E-state index in [4.69, 9.17) is 5.73 Å². The third kappa shape index (κ3) is 1.25. The maximum Gasteiger partial charge on any atom is 0.241 e. The van der Waals surface area contributed by atoms with Gasteiger partial charge in [0.25, 0.3) is 0 Å². The highest BCUT2D eigenvalue weighted by Crippen LogP contribution is 2.29. The normalized spacial score (nSPS) is 20.7. The van der Waals surface area contributed by atoms with Crippen LogP contribution in [0.25, 0.3) is 0 Å². The summed E-state index contributed by atoms with van der Waals surface area (Å²) in [6.45, 7) is 0. The predicted octanol–water partition coefficient (Wildman–Crippen LogP) is 0.214. The summed E-state index contributed by atoms with van der Waals surface area (Å²) in [5.74, 6) is -0.00829. The average molecular weight is 178 g/mol. The largest absolute Gasteiger partial charge is 0.508 e. The molecule has 0 aromatic heterocycles. The Labute approximate surface area is 75.4 Å². The molecule has 4 N–H and O–H groups in total. The fraction of sp³-hybridized carbons (Fsp3) is 0.222. The van der Waals surface area contributed by atoms with Crippen molar-refractivity contribution in [2.75, 3.05) is 5.32 Å². The number of nitrogens with one attached hydrogen (secondary N) is 1. The van der Waals surface area contributed by atoms with Gasteiger partial charge in [-0.05, 0) is 12.1 Å². The van der Waals surface area contributed by atoms with Crippen molar-refractivity contribution in [2.24, 2.45) is 5.73 Å². The summed E-state index contributed by atoms with van der Waals surface area (Å²) in [4.78, 5) is 11.2. The van der Waals surface area contributed by atoms with E-state index < -0.39 is 6.04 Å². The van der Waals surface area contributed by atoms with Crippen LogP contribution in [-0.4, -0.2) is 17.1 Å². The second kappa shape index (κ2) is 2.74. The number of hydrogen-bond donors (Lipinski definition) is 3. The Hall–Kier alpha value is -1.55. The number of carbonyl (C=O) groups excluding carboxylic acids is 1. The molecule has 0 spiro atoms. The number of anilines is 1. The maximum atomic E-state index is 11.2. The van der Waals surface area contributed by atoms with E-state index in [1.54, 1.807) is 18.2 Å². The van der Waals surface area contributed by atoms with Crippen molar-refractivity contribution in [2.45, 2.75) is 12.5 Å². The van der Waals surface area contributed by atoms with Gasteiger partial charge in [0.1, 0.15) is 5.75 Å². The summed E-state index contributed by atoms with van der Waals surface area (Å²) < 4.78 is 0. The van der Waals surface area contributed by atoms with Crippen molar-refractivity contribution >= 4 is 11.6 Å². The summed E-state index contributed by atoms with van der Waals surface area (Å²) in [5.41, 5.74) is 6.92. The molecule has 0 bridgehead atoms. The van der Waals surface area contributed by atoms with E-state index >= 15 is 0 Å². The highest BCUT2D eigenvalue weighted by Gasteiger charge is 2.24. The molecule has 0 saturated heterocycles. The number of benzene rings is 1. The minimum Gasteiger partial charge on any atom is -0.508 e. The van der Waals surface area contributed by atoms with Gasteiger partial charge in [-0.15, -0.1) is 0 Å². The molecule has 68 valence electrons. The molecule has 13 heavy (non-hydrogen) atoms. The quantitative estimate of drug-likeness (QED) is 0.531. The lowest BCUT2D eigenvalue weighted by Gasteiger charge is -2.22. The Bertz CT molecular complexity index is 363. The molecular weight excluding hydrogens is 168 g/mol. The van der Waals surface area contributed by atoms with Gasteiger partial charge in [-0.1, -0.05) is 6.07 Å². The molecule has 0 radical (unpaired) electrons. The lowest BCUT2D eigenvalue weighted by atomic mass is 9.99. The highest BCUT2D eigenvalue weighted by atomic mass is 16.3. The fourth-order valence-electron chi connectivity index (χ4n) is 1.44. The Morgan fingerprint density at radius 2 is 2.31 bits per heavy atom. The van der Waals surface area contributed by atoms with E-state index in [9.17, 15) is 9.90 Å². The van der Waals surface area contributed by atoms with Gasteiger partial charge in [0, 0.05) is 17.7 Å². The van der Waals surface area contributed by atoms with Gasteiger partial charge in [-0.2, -0.15) is 0 Å². The standard InChI is InChI=1S/C9H10N2O2/c10-6-4-5-7(11-9(6)13)2-1-3-8(5)12/h1-3,6,12H,4,10H2,(H,11,13). The summed E-state index contributed by atoms with van der Waals surface area (Å²) >= 11 is 0. The Balaban J connectivity index is 2.48. The smallest absolute Gasteiger partial charge is 0.241 e. The van der Waals surface area contributed by atoms with Gasteiger partial charge < -0.3 is 16.2 Å². The molecule has 1 heterocycles. The third-order valence-corrected chi connectivity index (χ3v) is 2.17. The number of fused-ring (bicyclic) bond motifs is 1. The molecule has 4 heteroatoms. The van der Waals surface area contributed by atoms with E-state index in [-0.39, 0.29) is 11.7 Å². The molecule has 1 atom stereocenters. The monoisotopic (exact) mass is 178 g/mol. The van der Waals surface area contributed by atoms with E-state index in [2.05, 4.69) is 5.32 Å². The minimum atomic E-state index is -0.555. The van der Waals surface area contributed by atoms with Gasteiger partial charge in [-0.25, -0.2) is 0 Å². The first-order valence-electron chi connectivity index (χ1n) is 4.06. The van der Waals surface area contributed by atoms with Crippen LogP contribution in [0.5, 0.6) is 5.75 Å². The average Bonchev–Trinajstić information content (AvgIpc) is 2.09. The highest BCUT2D eigenvalue weighted by molar-refractivity contribution is 5.98. The second-order valence-electron chi connectivity index (χ2n) is 3.10. The van der Waals surface area contributed by atoms with E-state index in [1.807, 2.05) is 0 Å². The van der Waals surface area contributed by atoms with Crippen molar-refractivity contribution in [1.29, 1.82) is 0 Å². The minimum absolute atomic E-state index is 0.188. The first-order chi connectivity index (χ1) is 6.18. The van der Waals surface area contributed by atoms with E-state index in [0.717, 1.165) is 5.56 Å². The molecule has 1 unspecified atom stereocenters. The maximum absolute atomic E-state index is 11.2. The first-order valence-corrected chi connectivity index (χ1v) is 4.06. The van der Waals surface area contributed by atoms with Crippen molar-refractivity contribution < 1.29 is 9.90 Å². The summed E-state index contributed by atoms with van der Waals surface area (Å²) in [6, 6.07) is 4.47. The van der Waals surface area contributed by atoms with Crippen LogP contribution in [0.4, 0.5) is 5.69 Å². The number of carbonyl (C=O) groups is 1. The van der Waals surface area contributed by atoms with Crippen LogP contribution < -0.4 is 11.1 Å². The Morgan fingerprint density at radius 1 is 1.54 bits per heavy atom. The summed E-state index contributed by atoms with van der Waals surface area (Å²) in [6.07, 6.45) is 0.397. The Kier molecular flexibility index (Phi) is 1.70. The number of phenols is 1. The second-order valence-corrected chi connectivity index (χ2v) is 3.10. The van der Waals surface area contributed by atoms with Gasteiger partial charge in [-0.3, -0.25) is 4.79 Å². The van der Waals surface area contributed by atoms with Crippen molar-refractivity contribution in [1.82, 2.24) is 0 Å². The molecule has 1 aliphatic heterocycles. The molecular formula is C9H10N2O2. The summed E-state index contributed by atoms with van der Waals surface area (Å²) in [5, 5.41) is 12.1. The number of phenolic OH excluding ortho intramolecular Hbond substituents is 1. The topological polar surface area (TPSA) is 75.3 Å². The number of hydrogen-bond acceptors (Lipinski definition) is 3. The van der Waals surface area contributed by atoms with Crippen LogP contribution in [0.3, 0.4) is 0 Å². The van der Waals surface area contributed by atoms with Crippen LogP contribution in [0, 0.1) is 0 Å². The molecule has 0 aliphatic carbocycles. The SMILES string of the molecule is NC1Cc2c(O)cccc2NC1=O. The summed E-state index contributed by atoms with van der Waals surface area (Å²) in [7, 11) is 0. The molecule has 0 saturated carbocycles. The third-order valence-electron chi connectivity index (χ3n) is 2.17. The lowest BCUT2D eigenvalue weighted by molar-refractivity contribution is -0.117. The molecule has 0 fully saturated rings. The van der Waals surface area contributed by atoms with E-state index in [1.165, 1.54) is 0 Å². The molecule has 1 aliphatic rings. The van der Waals surface area contributed by atoms with E-state index in [0.29, 0.717) is 12.1 Å². The number of rotatable bonds is 0. The molecule has 4 nitrogen and oxygen atoms in total. The van der Waals surface area contributed by atoms with Crippen LogP contribution in [-0.2, 0) is 11.2 Å². The number of aromatic hydroxyl groups is 1. The van der Waals surface area contributed by atoms with Crippen LogP contribution in [0.1, 0.15) is 5.56 Å². The van der Waals surface area contributed by atoms with Crippen LogP contribution in [0.15, 0.2) is 18.2 Å². The fourth-order valence-corrected chi connectivity index (χ4v) is 1.44. The van der Waals surface area contributed by atoms with Gasteiger partial charge in [0.05, 0.1) is 6.04 Å². The molecule has 1 amide bonds. The van der Waals surface area contributed by atoms with Crippen LogP contribution in [0.2, 0.25) is 0 Å². The zero-order valence-corrected chi connectivity index (χ0v) is 6.95. The lowest BCUT2D eigenvalue weighted by Crippen LogP contribution is -2.41. The molecule has 1 aromatic rings. The van der Waals surface area contributed by atoms with Crippen molar-refractivity contribution in [3.63, 3.8) is 0 Å². The van der Waals surface area contributed by atoms with Gasteiger partial charge in [0.15, 0.2) is 0 Å². The van der Waals surface area contributed by atoms with Crippen molar-refractivity contribution in [3.05, 3.63) is 23.8 Å². The predicted molar refractivity (Wildman–Crippen MR) is 48.4 cm³/mol. The van der Waals surface area contributed by atoms with Crippen LogP contribution >= 0.6 is 0 Å². The first kappa shape index (κ1) is 8.07. The van der Waals surface area contributed by atoms with Gasteiger partial charge >= 0.3 is 0 Å². The van der Waals surface area contributed by atoms with Crippen molar-refractivity contribution in [3.8, 4) is 5.75 Å². The Morgan fingerprint density at radius 3 is 3.08 bits per heavy atom. The molecule has 1 aromatic carbocycles. The zero-order chi connectivity index (χ0) is 9.42.